The zero-order valence-electron chi connectivity index (χ0n) is 12.1. The second kappa shape index (κ2) is 6.20. The van der Waals surface area contributed by atoms with Crippen LogP contribution in [0.2, 0.25) is 0 Å². The van der Waals surface area contributed by atoms with Crippen molar-refractivity contribution in [2.45, 2.75) is 26.7 Å². The number of amides is 1. The Morgan fingerprint density at radius 2 is 2.14 bits per heavy atom. The molecule has 1 aliphatic heterocycles. The molecule has 6 heteroatoms. The molecule has 0 spiro atoms. The van der Waals surface area contributed by atoms with Crippen molar-refractivity contribution in [3.8, 4) is 0 Å². The average Bonchev–Trinajstić information content (AvgIpc) is 2.49. The van der Waals surface area contributed by atoms with E-state index < -0.39 is 17.5 Å². The molecule has 1 fully saturated rings. The minimum atomic E-state index is -0.849. The summed E-state index contributed by atoms with van der Waals surface area (Å²) in [5.41, 5.74) is 0.784. The third kappa shape index (κ3) is 3.04. The Bertz CT molecular complexity index is 587. The molecule has 0 radical (unpaired) electrons. The van der Waals surface area contributed by atoms with Crippen molar-refractivity contribution in [3.05, 3.63) is 34.9 Å². The number of piperidine rings is 1. The summed E-state index contributed by atoms with van der Waals surface area (Å²) in [6.07, 6.45) is 1.19. The van der Waals surface area contributed by atoms with Crippen molar-refractivity contribution in [3.63, 3.8) is 0 Å². The fraction of sp³-hybridized carbons (Fsp3) is 0.467. The van der Waals surface area contributed by atoms with Crippen LogP contribution in [0.5, 0.6) is 0 Å². The summed E-state index contributed by atoms with van der Waals surface area (Å²) in [5.74, 6) is -2.00. The Morgan fingerprint density at radius 1 is 1.43 bits per heavy atom. The van der Waals surface area contributed by atoms with Gasteiger partial charge in [0.25, 0.3) is 5.91 Å². The number of carbonyl (C=O) groups excluding carboxylic acids is 1. The average molecular weight is 296 g/mol. The second-order valence-electron chi connectivity index (χ2n) is 5.28. The molecule has 1 N–H and O–H groups in total. The molecule has 1 atom stereocenters. The van der Waals surface area contributed by atoms with Crippen LogP contribution in [0.15, 0.2) is 17.3 Å². The molecule has 0 bridgehead atoms. The molecule has 1 heterocycles. The van der Waals surface area contributed by atoms with E-state index in [9.17, 15) is 13.6 Å². The van der Waals surface area contributed by atoms with Crippen molar-refractivity contribution in [1.29, 1.82) is 0 Å². The van der Waals surface area contributed by atoms with Crippen molar-refractivity contribution >= 4 is 11.6 Å². The largest absolute Gasteiger partial charge is 0.411 e. The van der Waals surface area contributed by atoms with Gasteiger partial charge in [-0.15, -0.1) is 0 Å². The lowest BCUT2D eigenvalue weighted by atomic mass is 9.92. The number of hydrogen-bond donors (Lipinski definition) is 1. The van der Waals surface area contributed by atoms with Crippen LogP contribution in [0.25, 0.3) is 0 Å². The first-order valence-electron chi connectivity index (χ1n) is 6.93. The standard InChI is InChI=1S/C15H18F2N2O2/c1-3-10-8-19(5-4-14(10)18-21)15(20)11-6-9(2)12(16)7-13(11)17/h6-7,10,21H,3-5,8H2,1-2H3/b18-14+. The van der Waals surface area contributed by atoms with E-state index in [1.807, 2.05) is 6.92 Å². The van der Waals surface area contributed by atoms with Gasteiger partial charge >= 0.3 is 0 Å². The number of carbonyl (C=O) groups is 1. The first-order valence-corrected chi connectivity index (χ1v) is 6.93. The Morgan fingerprint density at radius 3 is 2.76 bits per heavy atom. The predicted molar refractivity (Wildman–Crippen MR) is 74.6 cm³/mol. The SMILES string of the molecule is CCC1CN(C(=O)c2cc(C)c(F)cc2F)CC/C1=N\O. The fourth-order valence-electron chi connectivity index (χ4n) is 2.59. The van der Waals surface area contributed by atoms with Gasteiger partial charge in [0.2, 0.25) is 0 Å². The number of halogens is 2. The summed E-state index contributed by atoms with van der Waals surface area (Å²) in [5, 5.41) is 12.2. The second-order valence-corrected chi connectivity index (χ2v) is 5.28. The molecule has 0 aromatic heterocycles. The Balaban J connectivity index is 2.23. The quantitative estimate of drug-likeness (QED) is 0.674. The maximum atomic E-state index is 13.8. The highest BCUT2D eigenvalue weighted by Crippen LogP contribution is 2.22. The molecular weight excluding hydrogens is 278 g/mol. The minimum absolute atomic E-state index is 0.0303. The van der Waals surface area contributed by atoms with E-state index in [4.69, 9.17) is 5.21 Å². The van der Waals surface area contributed by atoms with Crippen LogP contribution in [0.3, 0.4) is 0 Å². The van der Waals surface area contributed by atoms with Crippen LogP contribution >= 0.6 is 0 Å². The Hall–Kier alpha value is -1.98. The van der Waals surface area contributed by atoms with Crippen molar-refractivity contribution in [2.75, 3.05) is 13.1 Å². The van der Waals surface area contributed by atoms with Gasteiger partial charge in [-0.25, -0.2) is 8.78 Å². The van der Waals surface area contributed by atoms with Crippen LogP contribution < -0.4 is 0 Å². The molecule has 0 saturated carbocycles. The number of oxime groups is 1. The maximum absolute atomic E-state index is 13.8. The third-order valence-electron chi connectivity index (χ3n) is 3.94. The lowest BCUT2D eigenvalue weighted by Gasteiger charge is -2.33. The number of likely N-dealkylation sites (tertiary alicyclic amines) is 1. The molecule has 1 saturated heterocycles. The summed E-state index contributed by atoms with van der Waals surface area (Å²) in [6.45, 7) is 4.18. The van der Waals surface area contributed by atoms with Gasteiger partial charge in [0.05, 0.1) is 11.3 Å². The Labute approximate surface area is 122 Å². The highest BCUT2D eigenvalue weighted by atomic mass is 19.1. The van der Waals surface area contributed by atoms with Gasteiger partial charge < -0.3 is 10.1 Å². The predicted octanol–water partition coefficient (Wildman–Crippen LogP) is 2.98. The summed E-state index contributed by atoms with van der Waals surface area (Å²) in [7, 11) is 0. The molecule has 1 unspecified atom stereocenters. The first-order chi connectivity index (χ1) is 9.97. The molecule has 4 nitrogen and oxygen atoms in total. The number of aryl methyl sites for hydroxylation is 1. The van der Waals surface area contributed by atoms with Gasteiger partial charge in [-0.3, -0.25) is 4.79 Å². The maximum Gasteiger partial charge on any atom is 0.256 e. The monoisotopic (exact) mass is 296 g/mol. The van der Waals surface area contributed by atoms with Gasteiger partial charge in [-0.05, 0) is 25.0 Å². The zero-order chi connectivity index (χ0) is 15.6. The highest BCUT2D eigenvalue weighted by Gasteiger charge is 2.29. The summed E-state index contributed by atoms with van der Waals surface area (Å²) in [4.78, 5) is 13.9. The first kappa shape index (κ1) is 15.4. The van der Waals surface area contributed by atoms with Crippen LogP contribution in [-0.4, -0.2) is 34.8 Å². The normalized spacial score (nSPS) is 20.9. The molecule has 1 aliphatic rings. The van der Waals surface area contributed by atoms with Crippen molar-refractivity contribution in [1.82, 2.24) is 4.90 Å². The van der Waals surface area contributed by atoms with Crippen molar-refractivity contribution in [2.24, 2.45) is 11.1 Å². The third-order valence-corrected chi connectivity index (χ3v) is 3.94. The zero-order valence-corrected chi connectivity index (χ0v) is 12.1. The molecule has 0 aliphatic carbocycles. The van der Waals surface area contributed by atoms with Crippen LogP contribution in [0.4, 0.5) is 8.78 Å². The summed E-state index contributed by atoms with van der Waals surface area (Å²) < 4.78 is 27.1. The number of nitrogens with zero attached hydrogens (tertiary/aromatic N) is 2. The summed E-state index contributed by atoms with van der Waals surface area (Å²) in [6, 6.07) is 1.98. The fourth-order valence-corrected chi connectivity index (χ4v) is 2.59. The van der Waals surface area contributed by atoms with Gasteiger partial charge in [-0.2, -0.15) is 0 Å². The van der Waals surface area contributed by atoms with E-state index >= 15 is 0 Å². The van der Waals surface area contributed by atoms with E-state index in [0.29, 0.717) is 25.2 Å². The summed E-state index contributed by atoms with van der Waals surface area (Å²) >= 11 is 0. The topological polar surface area (TPSA) is 52.9 Å². The van der Waals surface area contributed by atoms with Crippen molar-refractivity contribution < 1.29 is 18.8 Å². The lowest BCUT2D eigenvalue weighted by molar-refractivity contribution is 0.0724. The number of benzene rings is 1. The van der Waals surface area contributed by atoms with E-state index in [-0.39, 0.29) is 17.0 Å². The van der Waals surface area contributed by atoms with Gasteiger partial charge in [0, 0.05) is 31.5 Å². The number of hydrogen-bond acceptors (Lipinski definition) is 3. The van der Waals surface area contributed by atoms with Crippen LogP contribution in [-0.2, 0) is 0 Å². The molecule has 1 aromatic rings. The molecule has 2 rings (SSSR count). The minimum Gasteiger partial charge on any atom is -0.411 e. The van der Waals surface area contributed by atoms with Crippen LogP contribution in [0, 0.1) is 24.5 Å². The van der Waals surface area contributed by atoms with Gasteiger partial charge in [0.1, 0.15) is 11.6 Å². The molecule has 1 amide bonds. The van der Waals surface area contributed by atoms with E-state index in [1.165, 1.54) is 17.9 Å². The van der Waals surface area contributed by atoms with E-state index in [2.05, 4.69) is 5.16 Å². The molecular formula is C15H18F2N2O2. The van der Waals surface area contributed by atoms with Gasteiger partial charge in [-0.1, -0.05) is 12.1 Å². The molecule has 21 heavy (non-hydrogen) atoms. The smallest absolute Gasteiger partial charge is 0.256 e. The molecule has 114 valence electrons. The van der Waals surface area contributed by atoms with E-state index in [0.717, 1.165) is 12.5 Å². The Kier molecular flexibility index (Phi) is 4.55. The van der Waals surface area contributed by atoms with Gasteiger partial charge in [0.15, 0.2) is 0 Å². The highest BCUT2D eigenvalue weighted by molar-refractivity contribution is 5.96. The number of rotatable bonds is 2. The van der Waals surface area contributed by atoms with E-state index in [1.54, 1.807) is 0 Å². The molecule has 1 aromatic carbocycles. The lowest BCUT2D eigenvalue weighted by Crippen LogP contribution is -2.44. The van der Waals surface area contributed by atoms with Crippen LogP contribution in [0.1, 0.15) is 35.7 Å².